The minimum Gasteiger partial charge on any atom is -0.497 e. The first kappa shape index (κ1) is 13.7. The van der Waals surface area contributed by atoms with Gasteiger partial charge in [-0.05, 0) is 42.0 Å². The summed E-state index contributed by atoms with van der Waals surface area (Å²) in [4.78, 5) is 0. The highest BCUT2D eigenvalue weighted by Crippen LogP contribution is 2.19. The molecule has 18 heavy (non-hydrogen) atoms. The summed E-state index contributed by atoms with van der Waals surface area (Å²) < 4.78 is 5.10. The van der Waals surface area contributed by atoms with E-state index in [9.17, 15) is 5.11 Å². The lowest BCUT2D eigenvalue weighted by Crippen LogP contribution is -2.35. The SMILES string of the molecule is COc1ccc(C(O)CNC2CCSCC2)cc1. The van der Waals surface area contributed by atoms with E-state index < -0.39 is 6.10 Å². The molecule has 1 atom stereocenters. The van der Waals surface area contributed by atoms with Crippen molar-refractivity contribution in [3.63, 3.8) is 0 Å². The maximum Gasteiger partial charge on any atom is 0.118 e. The zero-order valence-corrected chi connectivity index (χ0v) is 11.6. The number of nitrogens with one attached hydrogen (secondary N) is 1. The molecule has 1 aliphatic heterocycles. The van der Waals surface area contributed by atoms with Crippen molar-refractivity contribution in [1.82, 2.24) is 5.32 Å². The summed E-state index contributed by atoms with van der Waals surface area (Å²) >= 11 is 2.02. The minimum atomic E-state index is -0.439. The molecule has 0 amide bonds. The lowest BCUT2D eigenvalue weighted by atomic mass is 10.1. The maximum absolute atomic E-state index is 10.1. The number of hydrogen-bond donors (Lipinski definition) is 2. The first-order valence-corrected chi connectivity index (χ1v) is 7.58. The van der Waals surface area contributed by atoms with E-state index in [1.54, 1.807) is 7.11 Å². The van der Waals surface area contributed by atoms with E-state index in [-0.39, 0.29) is 0 Å². The van der Waals surface area contributed by atoms with Gasteiger partial charge in [-0.25, -0.2) is 0 Å². The van der Waals surface area contributed by atoms with Crippen molar-refractivity contribution in [3.05, 3.63) is 29.8 Å². The zero-order chi connectivity index (χ0) is 12.8. The summed E-state index contributed by atoms with van der Waals surface area (Å²) in [7, 11) is 1.65. The molecule has 0 aliphatic carbocycles. The van der Waals surface area contributed by atoms with Gasteiger partial charge < -0.3 is 15.2 Å². The van der Waals surface area contributed by atoms with Gasteiger partial charge in [0.15, 0.2) is 0 Å². The van der Waals surface area contributed by atoms with Crippen LogP contribution in [0.15, 0.2) is 24.3 Å². The highest BCUT2D eigenvalue weighted by atomic mass is 32.2. The largest absolute Gasteiger partial charge is 0.497 e. The molecule has 1 aliphatic rings. The van der Waals surface area contributed by atoms with E-state index in [0.29, 0.717) is 12.6 Å². The average molecular weight is 267 g/mol. The van der Waals surface area contributed by atoms with E-state index in [1.165, 1.54) is 24.3 Å². The molecule has 2 N–H and O–H groups in total. The Labute approximate surface area is 113 Å². The van der Waals surface area contributed by atoms with Crippen molar-refractivity contribution >= 4 is 11.8 Å². The Balaban J connectivity index is 1.80. The van der Waals surface area contributed by atoms with Crippen molar-refractivity contribution in [2.24, 2.45) is 0 Å². The van der Waals surface area contributed by atoms with Crippen LogP contribution in [0.5, 0.6) is 5.75 Å². The molecule has 3 nitrogen and oxygen atoms in total. The number of aliphatic hydroxyl groups excluding tert-OH is 1. The van der Waals surface area contributed by atoms with Crippen LogP contribution in [0.4, 0.5) is 0 Å². The molecule has 1 unspecified atom stereocenters. The number of hydrogen-bond acceptors (Lipinski definition) is 4. The van der Waals surface area contributed by atoms with E-state index in [1.807, 2.05) is 36.0 Å². The minimum absolute atomic E-state index is 0.439. The van der Waals surface area contributed by atoms with Crippen LogP contribution in [0.1, 0.15) is 24.5 Å². The second-order valence-electron chi connectivity index (χ2n) is 4.58. The summed E-state index contributed by atoms with van der Waals surface area (Å²) in [5.74, 6) is 3.29. The van der Waals surface area contributed by atoms with Crippen LogP contribution in [0, 0.1) is 0 Å². The molecule has 1 heterocycles. The van der Waals surface area contributed by atoms with Gasteiger partial charge in [-0.15, -0.1) is 0 Å². The van der Waals surface area contributed by atoms with Gasteiger partial charge in [-0.3, -0.25) is 0 Å². The average Bonchev–Trinajstić information content (AvgIpc) is 2.46. The summed E-state index contributed by atoms with van der Waals surface area (Å²) in [5, 5.41) is 13.6. The number of rotatable bonds is 5. The van der Waals surface area contributed by atoms with Crippen LogP contribution in [-0.4, -0.2) is 36.3 Å². The summed E-state index contributed by atoms with van der Waals surface area (Å²) in [6, 6.07) is 8.18. The molecule has 100 valence electrons. The van der Waals surface area contributed by atoms with E-state index >= 15 is 0 Å². The third kappa shape index (κ3) is 3.90. The molecule has 1 saturated heterocycles. The van der Waals surface area contributed by atoms with Gasteiger partial charge in [-0.1, -0.05) is 12.1 Å². The number of methoxy groups -OCH3 is 1. The Hall–Kier alpha value is -0.710. The lowest BCUT2D eigenvalue weighted by molar-refractivity contribution is 0.168. The molecule has 0 bridgehead atoms. The Morgan fingerprint density at radius 1 is 1.33 bits per heavy atom. The Bertz CT molecular complexity index is 349. The predicted octanol–water partition coefficient (Wildman–Crippen LogP) is 2.21. The fourth-order valence-electron chi connectivity index (χ4n) is 2.12. The fraction of sp³-hybridized carbons (Fsp3) is 0.571. The Kier molecular flexibility index (Phi) is 5.35. The number of thioether (sulfide) groups is 1. The second-order valence-corrected chi connectivity index (χ2v) is 5.81. The van der Waals surface area contributed by atoms with Gasteiger partial charge in [0.2, 0.25) is 0 Å². The first-order valence-electron chi connectivity index (χ1n) is 6.42. The molecular weight excluding hydrogens is 246 g/mol. The van der Waals surface area contributed by atoms with Gasteiger partial charge in [0.25, 0.3) is 0 Å². The Morgan fingerprint density at radius 2 is 2.00 bits per heavy atom. The van der Waals surface area contributed by atoms with Crippen LogP contribution >= 0.6 is 11.8 Å². The zero-order valence-electron chi connectivity index (χ0n) is 10.8. The molecule has 1 aromatic carbocycles. The molecule has 4 heteroatoms. The summed E-state index contributed by atoms with van der Waals surface area (Å²) in [6.45, 7) is 0.627. The van der Waals surface area contributed by atoms with Crippen molar-refractivity contribution in [3.8, 4) is 5.75 Å². The molecule has 0 spiro atoms. The first-order chi connectivity index (χ1) is 8.79. The smallest absolute Gasteiger partial charge is 0.118 e. The van der Waals surface area contributed by atoms with Crippen LogP contribution in [0.3, 0.4) is 0 Å². The van der Waals surface area contributed by atoms with Gasteiger partial charge in [0, 0.05) is 12.6 Å². The van der Waals surface area contributed by atoms with Crippen LogP contribution in [0.25, 0.3) is 0 Å². The third-order valence-corrected chi connectivity index (χ3v) is 4.37. The normalized spacial score (nSPS) is 18.6. The number of benzene rings is 1. The monoisotopic (exact) mass is 267 g/mol. The molecule has 1 aromatic rings. The standard InChI is InChI=1S/C14H21NO2S/c1-17-13-4-2-11(3-5-13)14(16)10-15-12-6-8-18-9-7-12/h2-5,12,14-16H,6-10H2,1H3. The molecule has 0 radical (unpaired) electrons. The quantitative estimate of drug-likeness (QED) is 0.858. The van der Waals surface area contributed by atoms with Crippen LogP contribution in [0.2, 0.25) is 0 Å². The molecule has 0 aromatic heterocycles. The lowest BCUT2D eigenvalue weighted by Gasteiger charge is -2.24. The number of ether oxygens (including phenoxy) is 1. The second kappa shape index (κ2) is 7.02. The van der Waals surface area contributed by atoms with Crippen molar-refractivity contribution in [2.45, 2.75) is 25.0 Å². The van der Waals surface area contributed by atoms with Crippen molar-refractivity contribution in [1.29, 1.82) is 0 Å². The topological polar surface area (TPSA) is 41.5 Å². The highest BCUT2D eigenvalue weighted by molar-refractivity contribution is 7.99. The molecule has 0 saturated carbocycles. The maximum atomic E-state index is 10.1. The fourth-order valence-corrected chi connectivity index (χ4v) is 3.23. The van der Waals surface area contributed by atoms with Crippen molar-refractivity contribution in [2.75, 3.05) is 25.2 Å². The summed E-state index contributed by atoms with van der Waals surface area (Å²) in [5.41, 5.74) is 0.938. The molecule has 2 rings (SSSR count). The van der Waals surface area contributed by atoms with E-state index in [0.717, 1.165) is 11.3 Å². The van der Waals surface area contributed by atoms with E-state index in [4.69, 9.17) is 4.74 Å². The van der Waals surface area contributed by atoms with Crippen LogP contribution in [-0.2, 0) is 0 Å². The molecular formula is C14H21NO2S. The van der Waals surface area contributed by atoms with E-state index in [2.05, 4.69) is 5.32 Å². The highest BCUT2D eigenvalue weighted by Gasteiger charge is 2.15. The third-order valence-electron chi connectivity index (χ3n) is 3.32. The van der Waals surface area contributed by atoms with Gasteiger partial charge in [0.05, 0.1) is 13.2 Å². The van der Waals surface area contributed by atoms with Crippen molar-refractivity contribution < 1.29 is 9.84 Å². The number of aliphatic hydroxyl groups is 1. The van der Waals surface area contributed by atoms with Gasteiger partial charge in [-0.2, -0.15) is 11.8 Å². The predicted molar refractivity (Wildman–Crippen MR) is 76.3 cm³/mol. The summed E-state index contributed by atoms with van der Waals surface area (Å²) in [6.07, 6.45) is 1.98. The van der Waals surface area contributed by atoms with Gasteiger partial charge >= 0.3 is 0 Å². The Morgan fingerprint density at radius 3 is 2.61 bits per heavy atom. The van der Waals surface area contributed by atoms with Crippen LogP contribution < -0.4 is 10.1 Å². The molecule has 1 fully saturated rings. The van der Waals surface area contributed by atoms with Gasteiger partial charge in [0.1, 0.15) is 5.75 Å².